The number of thioether (sulfide) groups is 1. The highest BCUT2D eigenvalue weighted by Crippen LogP contribution is 2.27. The molecule has 0 saturated heterocycles. The number of pyridine rings is 1. The number of benzene rings is 1. The first-order chi connectivity index (χ1) is 11.6. The number of aromatic hydroxyl groups is 1. The zero-order chi connectivity index (χ0) is 16.9. The number of carbonyl (C=O) groups is 1. The molecule has 2 N–H and O–H groups in total. The molecule has 7 nitrogen and oxygen atoms in total. The van der Waals surface area contributed by atoms with Gasteiger partial charge in [0, 0.05) is 23.0 Å². The Morgan fingerprint density at radius 3 is 2.83 bits per heavy atom. The number of nitrogens with zero attached hydrogens (tertiary/aromatic N) is 3. The van der Waals surface area contributed by atoms with Crippen LogP contribution in [0.5, 0.6) is 5.75 Å². The maximum absolute atomic E-state index is 11.9. The minimum atomic E-state index is -0.332. The molecule has 0 aliphatic carbocycles. The van der Waals surface area contributed by atoms with Crippen molar-refractivity contribution in [1.29, 1.82) is 0 Å². The van der Waals surface area contributed by atoms with Crippen LogP contribution in [0.2, 0.25) is 5.02 Å². The van der Waals surface area contributed by atoms with Gasteiger partial charge in [-0.3, -0.25) is 9.78 Å². The van der Waals surface area contributed by atoms with Gasteiger partial charge in [0.15, 0.2) is 0 Å². The van der Waals surface area contributed by atoms with E-state index in [-0.39, 0.29) is 28.3 Å². The third kappa shape index (κ3) is 4.03. The number of phenolic OH excluding ortho intramolecular Hbond substituents is 1. The largest absolute Gasteiger partial charge is 0.506 e. The third-order valence-electron chi connectivity index (χ3n) is 2.89. The van der Waals surface area contributed by atoms with Gasteiger partial charge in [0.2, 0.25) is 11.8 Å². The molecule has 0 fully saturated rings. The van der Waals surface area contributed by atoms with Crippen LogP contribution in [0.1, 0.15) is 0 Å². The molecule has 3 aromatic rings. The number of aromatic nitrogens is 3. The van der Waals surface area contributed by atoms with Crippen molar-refractivity contribution < 1.29 is 14.3 Å². The Morgan fingerprint density at radius 1 is 1.25 bits per heavy atom. The van der Waals surface area contributed by atoms with Crippen LogP contribution in [0.15, 0.2) is 52.4 Å². The number of rotatable bonds is 5. The van der Waals surface area contributed by atoms with Gasteiger partial charge in [-0.05, 0) is 30.3 Å². The topological polar surface area (TPSA) is 101 Å². The normalized spacial score (nSPS) is 10.5. The van der Waals surface area contributed by atoms with Crippen molar-refractivity contribution in [3.63, 3.8) is 0 Å². The highest BCUT2D eigenvalue weighted by molar-refractivity contribution is 7.99. The number of amides is 1. The van der Waals surface area contributed by atoms with Crippen LogP contribution >= 0.6 is 23.4 Å². The van der Waals surface area contributed by atoms with E-state index in [1.54, 1.807) is 24.5 Å². The molecule has 0 saturated carbocycles. The van der Waals surface area contributed by atoms with Crippen molar-refractivity contribution in [3.8, 4) is 17.2 Å². The van der Waals surface area contributed by atoms with E-state index in [0.29, 0.717) is 10.9 Å². The lowest BCUT2D eigenvalue weighted by Crippen LogP contribution is -2.14. The second-order valence-electron chi connectivity index (χ2n) is 4.61. The summed E-state index contributed by atoms with van der Waals surface area (Å²) in [6.07, 6.45) is 3.24. The molecule has 9 heteroatoms. The Morgan fingerprint density at radius 2 is 2.04 bits per heavy atom. The lowest BCUT2D eigenvalue weighted by Gasteiger charge is -2.06. The van der Waals surface area contributed by atoms with Gasteiger partial charge >= 0.3 is 0 Å². The van der Waals surface area contributed by atoms with E-state index in [9.17, 15) is 9.90 Å². The fraction of sp³-hybridized carbons (Fsp3) is 0.0667. The van der Waals surface area contributed by atoms with Crippen molar-refractivity contribution in [3.05, 3.63) is 47.7 Å². The van der Waals surface area contributed by atoms with Gasteiger partial charge in [-0.2, -0.15) is 0 Å². The predicted molar refractivity (Wildman–Crippen MR) is 90.0 cm³/mol. The lowest BCUT2D eigenvalue weighted by molar-refractivity contribution is -0.113. The molecule has 3 rings (SSSR count). The van der Waals surface area contributed by atoms with Gasteiger partial charge in [-0.25, -0.2) is 0 Å². The quantitative estimate of drug-likeness (QED) is 0.530. The van der Waals surface area contributed by atoms with Crippen LogP contribution in [0.4, 0.5) is 5.69 Å². The molecule has 0 spiro atoms. The molecular weight excluding hydrogens is 352 g/mol. The van der Waals surface area contributed by atoms with E-state index in [0.717, 1.165) is 17.3 Å². The Balaban J connectivity index is 1.59. The van der Waals surface area contributed by atoms with Gasteiger partial charge in [0.05, 0.1) is 11.4 Å². The summed E-state index contributed by atoms with van der Waals surface area (Å²) in [6.45, 7) is 0. The number of nitrogens with one attached hydrogen (secondary N) is 1. The number of phenols is 1. The average Bonchev–Trinajstić information content (AvgIpc) is 3.06. The van der Waals surface area contributed by atoms with Crippen LogP contribution < -0.4 is 5.32 Å². The highest BCUT2D eigenvalue weighted by atomic mass is 35.5. The van der Waals surface area contributed by atoms with E-state index >= 15 is 0 Å². The first-order valence-electron chi connectivity index (χ1n) is 6.77. The molecule has 0 atom stereocenters. The minimum absolute atomic E-state index is 0.0456. The maximum Gasteiger partial charge on any atom is 0.277 e. The van der Waals surface area contributed by atoms with Crippen LogP contribution in [-0.2, 0) is 4.79 Å². The molecule has 0 bridgehead atoms. The Kier molecular flexibility index (Phi) is 4.97. The fourth-order valence-electron chi connectivity index (χ4n) is 1.80. The minimum Gasteiger partial charge on any atom is -0.506 e. The predicted octanol–water partition coefficient (Wildman–Crippen LogP) is 3.22. The Hall–Kier alpha value is -2.58. The van der Waals surface area contributed by atoms with Crippen LogP contribution in [0, 0.1) is 0 Å². The summed E-state index contributed by atoms with van der Waals surface area (Å²) in [4.78, 5) is 15.9. The van der Waals surface area contributed by atoms with Crippen LogP contribution in [0.3, 0.4) is 0 Å². The first kappa shape index (κ1) is 16.3. The summed E-state index contributed by atoms with van der Waals surface area (Å²) in [5, 5.41) is 20.7. The summed E-state index contributed by atoms with van der Waals surface area (Å²) in [7, 11) is 0. The third-order valence-corrected chi connectivity index (χ3v) is 3.95. The van der Waals surface area contributed by atoms with E-state index in [1.807, 2.05) is 0 Å². The Bertz CT molecular complexity index is 857. The van der Waals surface area contributed by atoms with Gasteiger partial charge in [-0.15, -0.1) is 10.2 Å². The fourth-order valence-corrected chi connectivity index (χ4v) is 2.54. The molecule has 2 heterocycles. The summed E-state index contributed by atoms with van der Waals surface area (Å²) >= 11 is 6.92. The van der Waals surface area contributed by atoms with Crippen molar-refractivity contribution >= 4 is 35.0 Å². The van der Waals surface area contributed by atoms with Gasteiger partial charge in [0.1, 0.15) is 5.75 Å². The summed E-state index contributed by atoms with van der Waals surface area (Å²) in [5.74, 6) is 0.00810. The summed E-state index contributed by atoms with van der Waals surface area (Å²) in [5.41, 5.74) is 0.994. The first-order valence-corrected chi connectivity index (χ1v) is 8.13. The number of halogens is 1. The number of hydrogen-bond donors (Lipinski definition) is 2. The molecule has 0 unspecified atom stereocenters. The van der Waals surface area contributed by atoms with Crippen LogP contribution in [-0.4, -0.2) is 31.9 Å². The SMILES string of the molecule is O=C(CSc1nnc(-c2ccncc2)o1)Nc1cc(Cl)ccc1O. The summed E-state index contributed by atoms with van der Waals surface area (Å²) < 4.78 is 5.48. The molecule has 2 aromatic heterocycles. The van der Waals surface area contributed by atoms with E-state index in [1.165, 1.54) is 18.2 Å². The van der Waals surface area contributed by atoms with Crippen molar-refractivity contribution in [2.24, 2.45) is 0 Å². The zero-order valence-corrected chi connectivity index (χ0v) is 13.7. The average molecular weight is 363 g/mol. The standard InChI is InChI=1S/C15H11ClN4O3S/c16-10-1-2-12(21)11(7-10)18-13(22)8-24-15-20-19-14(23-15)9-3-5-17-6-4-9/h1-7,21H,8H2,(H,18,22). The maximum atomic E-state index is 11.9. The molecule has 0 radical (unpaired) electrons. The molecule has 24 heavy (non-hydrogen) atoms. The molecule has 1 amide bonds. The molecular formula is C15H11ClN4O3S. The molecule has 0 aliphatic heterocycles. The highest BCUT2D eigenvalue weighted by Gasteiger charge is 2.12. The zero-order valence-electron chi connectivity index (χ0n) is 12.1. The lowest BCUT2D eigenvalue weighted by atomic mass is 10.3. The van der Waals surface area contributed by atoms with Gasteiger partial charge in [-0.1, -0.05) is 23.4 Å². The van der Waals surface area contributed by atoms with E-state index in [4.69, 9.17) is 16.0 Å². The molecule has 122 valence electrons. The van der Waals surface area contributed by atoms with E-state index < -0.39 is 0 Å². The summed E-state index contributed by atoms with van der Waals surface area (Å²) in [6, 6.07) is 7.89. The number of anilines is 1. The second-order valence-corrected chi connectivity index (χ2v) is 5.97. The van der Waals surface area contributed by atoms with Crippen molar-refractivity contribution in [2.75, 3.05) is 11.1 Å². The monoisotopic (exact) mass is 362 g/mol. The Labute approximate surface area is 146 Å². The second kappa shape index (κ2) is 7.33. The van der Waals surface area contributed by atoms with E-state index in [2.05, 4.69) is 20.5 Å². The van der Waals surface area contributed by atoms with Crippen LogP contribution in [0.25, 0.3) is 11.5 Å². The smallest absolute Gasteiger partial charge is 0.277 e. The number of hydrogen-bond acceptors (Lipinski definition) is 7. The molecule has 0 aliphatic rings. The van der Waals surface area contributed by atoms with Gasteiger partial charge in [0.25, 0.3) is 5.22 Å². The molecule has 1 aromatic carbocycles. The van der Waals surface area contributed by atoms with Crippen molar-refractivity contribution in [2.45, 2.75) is 5.22 Å². The van der Waals surface area contributed by atoms with Crippen molar-refractivity contribution in [1.82, 2.24) is 15.2 Å². The van der Waals surface area contributed by atoms with Gasteiger partial charge < -0.3 is 14.8 Å². The number of carbonyl (C=O) groups excluding carboxylic acids is 1.